The van der Waals surface area contributed by atoms with Gasteiger partial charge in [0.2, 0.25) is 0 Å². The molecular formula is C24H19N5. The second kappa shape index (κ2) is 7.20. The molecule has 0 fully saturated rings. The number of aromatic nitrogens is 3. The average Bonchev–Trinajstić information content (AvgIpc) is 3.06. The van der Waals surface area contributed by atoms with Crippen LogP contribution in [0, 0.1) is 0 Å². The largest absolute Gasteiger partial charge is 0.343 e. The van der Waals surface area contributed by atoms with Gasteiger partial charge in [-0.05, 0) is 11.6 Å². The Morgan fingerprint density at radius 1 is 0.862 bits per heavy atom. The monoisotopic (exact) mass is 377 g/mol. The van der Waals surface area contributed by atoms with Gasteiger partial charge in [0.15, 0.2) is 5.82 Å². The van der Waals surface area contributed by atoms with E-state index in [1.165, 1.54) is 0 Å². The molecule has 5 heteroatoms. The fourth-order valence-electron chi connectivity index (χ4n) is 3.77. The summed E-state index contributed by atoms with van der Waals surface area (Å²) in [5.74, 6) is 0.640. The number of para-hydroxylation sites is 1. The van der Waals surface area contributed by atoms with Crippen LogP contribution in [0.5, 0.6) is 0 Å². The Balaban J connectivity index is 1.60. The molecule has 0 saturated heterocycles. The van der Waals surface area contributed by atoms with Crippen LogP contribution < -0.4 is 5.43 Å². The normalized spacial score (nSPS) is 11.5. The van der Waals surface area contributed by atoms with E-state index in [4.69, 9.17) is 0 Å². The Bertz CT molecular complexity index is 1330. The van der Waals surface area contributed by atoms with Crippen molar-refractivity contribution in [1.29, 1.82) is 0 Å². The van der Waals surface area contributed by atoms with Gasteiger partial charge in [0, 0.05) is 34.3 Å². The SMILES string of the molecule is Cn1c(-c2ccccc2)c(/C=N\Nc2nncc3ccccc23)c2ccccc21. The lowest BCUT2D eigenvalue weighted by Crippen LogP contribution is -1.98. The van der Waals surface area contributed by atoms with Crippen molar-refractivity contribution in [2.75, 3.05) is 5.43 Å². The van der Waals surface area contributed by atoms with Gasteiger partial charge in [-0.1, -0.05) is 72.8 Å². The molecule has 0 aliphatic heterocycles. The van der Waals surface area contributed by atoms with Crippen LogP contribution in [0.15, 0.2) is 90.2 Å². The number of anilines is 1. The van der Waals surface area contributed by atoms with Crippen LogP contribution in [-0.4, -0.2) is 21.0 Å². The van der Waals surface area contributed by atoms with Crippen molar-refractivity contribution in [3.05, 3.63) is 90.6 Å². The molecule has 2 heterocycles. The molecule has 0 bridgehead atoms. The first-order chi connectivity index (χ1) is 14.3. The first-order valence-corrected chi connectivity index (χ1v) is 9.45. The first kappa shape index (κ1) is 17.1. The molecule has 0 aliphatic rings. The van der Waals surface area contributed by atoms with E-state index in [0.29, 0.717) is 5.82 Å². The highest BCUT2D eigenvalue weighted by atomic mass is 15.3. The van der Waals surface area contributed by atoms with Crippen molar-refractivity contribution in [3.63, 3.8) is 0 Å². The number of benzene rings is 3. The van der Waals surface area contributed by atoms with E-state index in [9.17, 15) is 0 Å². The molecule has 0 aliphatic carbocycles. The number of nitrogens with zero attached hydrogens (tertiary/aromatic N) is 4. The van der Waals surface area contributed by atoms with Crippen LogP contribution in [0.4, 0.5) is 5.82 Å². The molecule has 0 atom stereocenters. The van der Waals surface area contributed by atoms with Crippen LogP contribution in [0.1, 0.15) is 5.56 Å². The summed E-state index contributed by atoms with van der Waals surface area (Å²) in [5, 5.41) is 16.0. The summed E-state index contributed by atoms with van der Waals surface area (Å²) in [6.45, 7) is 0. The Morgan fingerprint density at radius 2 is 1.59 bits per heavy atom. The van der Waals surface area contributed by atoms with E-state index >= 15 is 0 Å². The number of rotatable bonds is 4. The van der Waals surface area contributed by atoms with E-state index in [1.54, 1.807) is 6.20 Å². The zero-order chi connectivity index (χ0) is 19.6. The molecule has 5 rings (SSSR count). The summed E-state index contributed by atoms with van der Waals surface area (Å²) >= 11 is 0. The van der Waals surface area contributed by atoms with Crippen LogP contribution >= 0.6 is 0 Å². The number of hydrogen-bond acceptors (Lipinski definition) is 4. The molecule has 5 aromatic rings. The molecule has 0 unspecified atom stereocenters. The van der Waals surface area contributed by atoms with Crippen molar-refractivity contribution in [3.8, 4) is 11.3 Å². The summed E-state index contributed by atoms with van der Waals surface area (Å²) in [6.07, 6.45) is 3.62. The van der Waals surface area contributed by atoms with E-state index in [1.807, 2.05) is 36.5 Å². The lowest BCUT2D eigenvalue weighted by atomic mass is 10.1. The maximum atomic E-state index is 4.52. The van der Waals surface area contributed by atoms with Crippen molar-refractivity contribution >= 4 is 33.7 Å². The molecule has 140 valence electrons. The van der Waals surface area contributed by atoms with Crippen LogP contribution in [-0.2, 0) is 7.05 Å². The van der Waals surface area contributed by atoms with Crippen LogP contribution in [0.25, 0.3) is 32.9 Å². The predicted molar refractivity (Wildman–Crippen MR) is 119 cm³/mol. The average molecular weight is 377 g/mol. The Kier molecular flexibility index (Phi) is 4.26. The second-order valence-corrected chi connectivity index (χ2v) is 6.85. The molecule has 29 heavy (non-hydrogen) atoms. The fourth-order valence-corrected chi connectivity index (χ4v) is 3.77. The van der Waals surface area contributed by atoms with Crippen molar-refractivity contribution in [2.24, 2.45) is 12.1 Å². The van der Waals surface area contributed by atoms with E-state index in [-0.39, 0.29) is 0 Å². The Hall–Kier alpha value is -3.99. The van der Waals surface area contributed by atoms with Gasteiger partial charge in [-0.2, -0.15) is 10.2 Å². The molecular weight excluding hydrogens is 358 g/mol. The quantitative estimate of drug-likeness (QED) is 0.344. The molecule has 0 amide bonds. The molecule has 5 nitrogen and oxygen atoms in total. The van der Waals surface area contributed by atoms with Gasteiger partial charge in [0.1, 0.15) is 0 Å². The topological polar surface area (TPSA) is 55.1 Å². The fraction of sp³-hybridized carbons (Fsp3) is 0.0417. The molecule has 0 radical (unpaired) electrons. The standard InChI is InChI=1S/C24H19N5/c1-29-22-14-8-7-13-20(22)21(23(29)17-9-3-2-4-10-17)16-26-28-24-19-12-6-5-11-18(19)15-25-27-24/h2-16H,1H3,(H,27,28)/b26-16-. The van der Waals surface area contributed by atoms with Gasteiger partial charge in [0.25, 0.3) is 0 Å². The highest BCUT2D eigenvalue weighted by molar-refractivity contribution is 6.06. The molecule has 0 saturated carbocycles. The maximum Gasteiger partial charge on any atom is 0.176 e. The third kappa shape index (κ3) is 3.02. The summed E-state index contributed by atoms with van der Waals surface area (Å²) in [7, 11) is 2.09. The molecule has 0 spiro atoms. The number of aryl methyl sites for hydroxylation is 1. The van der Waals surface area contributed by atoms with E-state index in [0.717, 1.165) is 38.5 Å². The first-order valence-electron chi connectivity index (χ1n) is 9.45. The maximum absolute atomic E-state index is 4.52. The highest BCUT2D eigenvalue weighted by Crippen LogP contribution is 2.31. The minimum absolute atomic E-state index is 0.640. The van der Waals surface area contributed by atoms with Crippen LogP contribution in [0.3, 0.4) is 0 Å². The molecule has 3 aromatic carbocycles. The molecule has 2 aromatic heterocycles. The lowest BCUT2D eigenvalue weighted by Gasteiger charge is -2.06. The Morgan fingerprint density at radius 3 is 2.45 bits per heavy atom. The lowest BCUT2D eigenvalue weighted by molar-refractivity contribution is 0.977. The third-order valence-corrected chi connectivity index (χ3v) is 5.13. The zero-order valence-corrected chi connectivity index (χ0v) is 15.9. The zero-order valence-electron chi connectivity index (χ0n) is 15.9. The second-order valence-electron chi connectivity index (χ2n) is 6.85. The number of hydrazone groups is 1. The summed E-state index contributed by atoms with van der Waals surface area (Å²) in [4.78, 5) is 0. The third-order valence-electron chi connectivity index (χ3n) is 5.13. The van der Waals surface area contributed by atoms with Gasteiger partial charge >= 0.3 is 0 Å². The highest BCUT2D eigenvalue weighted by Gasteiger charge is 2.15. The Labute approximate surface area is 168 Å². The smallest absolute Gasteiger partial charge is 0.176 e. The van der Waals surface area contributed by atoms with Gasteiger partial charge in [-0.3, -0.25) is 5.43 Å². The van der Waals surface area contributed by atoms with E-state index < -0.39 is 0 Å². The van der Waals surface area contributed by atoms with Crippen molar-refractivity contribution in [2.45, 2.75) is 0 Å². The number of nitrogens with one attached hydrogen (secondary N) is 1. The van der Waals surface area contributed by atoms with Gasteiger partial charge in [0.05, 0.1) is 18.1 Å². The van der Waals surface area contributed by atoms with Gasteiger partial charge in [-0.25, -0.2) is 0 Å². The van der Waals surface area contributed by atoms with Crippen LogP contribution in [0.2, 0.25) is 0 Å². The van der Waals surface area contributed by atoms with E-state index in [2.05, 4.69) is 80.9 Å². The number of hydrogen-bond donors (Lipinski definition) is 1. The summed E-state index contributed by atoms with van der Waals surface area (Å²) in [6, 6.07) is 26.7. The summed E-state index contributed by atoms with van der Waals surface area (Å²) < 4.78 is 2.21. The van der Waals surface area contributed by atoms with Crippen molar-refractivity contribution < 1.29 is 0 Å². The summed E-state index contributed by atoms with van der Waals surface area (Å²) in [5.41, 5.74) is 7.58. The van der Waals surface area contributed by atoms with Gasteiger partial charge in [-0.15, -0.1) is 5.10 Å². The number of fused-ring (bicyclic) bond motifs is 2. The van der Waals surface area contributed by atoms with Gasteiger partial charge < -0.3 is 4.57 Å². The molecule has 1 N–H and O–H groups in total. The predicted octanol–water partition coefficient (Wildman–Crippen LogP) is 5.23. The minimum Gasteiger partial charge on any atom is -0.343 e. The van der Waals surface area contributed by atoms with Crippen molar-refractivity contribution in [1.82, 2.24) is 14.8 Å². The minimum atomic E-state index is 0.640.